The summed E-state index contributed by atoms with van der Waals surface area (Å²) in [5, 5.41) is 3.12. The van der Waals surface area contributed by atoms with Gasteiger partial charge in [-0.1, -0.05) is 61.5 Å². The minimum atomic E-state index is 0.0139. The third-order valence-electron chi connectivity index (χ3n) is 5.70. The topological polar surface area (TPSA) is 46.9 Å². The van der Waals surface area contributed by atoms with Crippen molar-refractivity contribution < 1.29 is 4.79 Å². The van der Waals surface area contributed by atoms with Crippen LogP contribution >= 0.6 is 0 Å². The Morgan fingerprint density at radius 1 is 0.903 bits per heavy atom. The van der Waals surface area contributed by atoms with Gasteiger partial charge in [0.25, 0.3) is 0 Å². The van der Waals surface area contributed by atoms with Gasteiger partial charge in [0.05, 0.1) is 17.5 Å². The van der Waals surface area contributed by atoms with Gasteiger partial charge in [-0.3, -0.25) is 4.79 Å². The number of carbonyl (C=O) groups excluding carboxylic acids is 1. The Bertz CT molecular complexity index is 1190. The fraction of sp³-hybridized carbons (Fsp3) is 0.259. The van der Waals surface area contributed by atoms with Gasteiger partial charge in [-0.25, -0.2) is 4.98 Å². The van der Waals surface area contributed by atoms with Crippen molar-refractivity contribution in [3.8, 4) is 0 Å². The summed E-state index contributed by atoms with van der Waals surface area (Å²) in [6.07, 6.45) is 3.11. The number of nitrogens with one attached hydrogen (secondary N) is 1. The van der Waals surface area contributed by atoms with Crippen LogP contribution in [0.5, 0.6) is 0 Å². The largest absolute Gasteiger partial charge is 0.328 e. The fourth-order valence-corrected chi connectivity index (χ4v) is 4.07. The quantitative estimate of drug-likeness (QED) is 0.403. The highest BCUT2D eigenvalue weighted by Gasteiger charge is 2.12. The molecule has 4 nitrogen and oxygen atoms in total. The van der Waals surface area contributed by atoms with E-state index in [0.717, 1.165) is 59.5 Å². The van der Waals surface area contributed by atoms with E-state index in [9.17, 15) is 4.79 Å². The summed E-state index contributed by atoms with van der Waals surface area (Å²) in [4.78, 5) is 17.6. The Labute approximate surface area is 183 Å². The number of hydrogen-bond acceptors (Lipinski definition) is 2. The minimum absolute atomic E-state index is 0.0139. The summed E-state index contributed by atoms with van der Waals surface area (Å²) in [6, 6.07) is 24.4. The van der Waals surface area contributed by atoms with E-state index in [2.05, 4.69) is 41.1 Å². The number of aromatic nitrogens is 2. The number of hydrogen-bond donors (Lipinski definition) is 1. The summed E-state index contributed by atoms with van der Waals surface area (Å²) >= 11 is 0. The number of amides is 1. The Balaban J connectivity index is 1.49. The van der Waals surface area contributed by atoms with E-state index in [1.165, 1.54) is 5.52 Å². The van der Waals surface area contributed by atoms with Crippen LogP contribution in [0, 0.1) is 6.92 Å². The van der Waals surface area contributed by atoms with E-state index < -0.39 is 0 Å². The van der Waals surface area contributed by atoms with Gasteiger partial charge in [0.2, 0.25) is 5.91 Å². The number of carbonyl (C=O) groups is 1. The first-order valence-corrected chi connectivity index (χ1v) is 11.0. The van der Waals surface area contributed by atoms with Gasteiger partial charge in [-0.2, -0.15) is 0 Å². The second-order valence-electron chi connectivity index (χ2n) is 7.98. The van der Waals surface area contributed by atoms with Crippen molar-refractivity contribution in [3.05, 3.63) is 95.3 Å². The van der Waals surface area contributed by atoms with Crippen LogP contribution in [0.3, 0.4) is 0 Å². The molecular formula is C27H29N3O. The number of benzene rings is 3. The summed E-state index contributed by atoms with van der Waals surface area (Å²) < 4.78 is 2.33. The molecule has 31 heavy (non-hydrogen) atoms. The van der Waals surface area contributed by atoms with Gasteiger partial charge in [0.15, 0.2) is 0 Å². The minimum Gasteiger partial charge on any atom is -0.328 e. The molecule has 4 aromatic rings. The van der Waals surface area contributed by atoms with Crippen LogP contribution < -0.4 is 5.32 Å². The lowest BCUT2D eigenvalue weighted by Gasteiger charge is -2.13. The van der Waals surface area contributed by atoms with Crippen LogP contribution in [0.15, 0.2) is 72.8 Å². The van der Waals surface area contributed by atoms with Gasteiger partial charge < -0.3 is 9.88 Å². The number of para-hydroxylation sites is 3. The Hall–Kier alpha value is -3.40. The van der Waals surface area contributed by atoms with Gasteiger partial charge in [-0.15, -0.1) is 0 Å². The fourth-order valence-electron chi connectivity index (χ4n) is 4.07. The average Bonchev–Trinajstić information content (AvgIpc) is 3.12. The van der Waals surface area contributed by atoms with Crippen molar-refractivity contribution >= 4 is 22.6 Å². The summed E-state index contributed by atoms with van der Waals surface area (Å²) in [5.41, 5.74) is 6.46. The van der Waals surface area contributed by atoms with Crippen molar-refractivity contribution in [1.29, 1.82) is 0 Å². The first-order chi connectivity index (χ1) is 15.2. The van der Waals surface area contributed by atoms with Gasteiger partial charge in [-0.05, 0) is 54.7 Å². The Morgan fingerprint density at radius 3 is 2.42 bits per heavy atom. The van der Waals surface area contributed by atoms with Crippen LogP contribution in [0.2, 0.25) is 0 Å². The predicted octanol–water partition coefficient (Wildman–Crippen LogP) is 5.72. The van der Waals surface area contributed by atoms with Crippen molar-refractivity contribution in [3.63, 3.8) is 0 Å². The standard InChI is InChI=1S/C27H29N3O/c1-3-18-30-25-15-9-8-14-24(25)28-26(30)17-16-21-11-6-7-13-23(21)29-27(31)19-22-12-5-4-10-20(22)2/h4-15H,3,16-19H2,1-2H3,(H,29,31). The molecule has 1 amide bonds. The zero-order valence-electron chi connectivity index (χ0n) is 18.3. The van der Waals surface area contributed by atoms with Crippen LogP contribution in [0.25, 0.3) is 11.0 Å². The molecule has 4 heteroatoms. The Kier molecular flexibility index (Phi) is 6.46. The van der Waals surface area contributed by atoms with Crippen molar-refractivity contribution in [1.82, 2.24) is 9.55 Å². The number of anilines is 1. The van der Waals surface area contributed by atoms with E-state index >= 15 is 0 Å². The predicted molar refractivity (Wildman–Crippen MR) is 127 cm³/mol. The monoisotopic (exact) mass is 411 g/mol. The highest BCUT2D eigenvalue weighted by Crippen LogP contribution is 2.21. The number of rotatable bonds is 8. The molecular weight excluding hydrogens is 382 g/mol. The molecule has 0 aliphatic rings. The SMILES string of the molecule is CCCn1c(CCc2ccccc2NC(=O)Cc2ccccc2C)nc2ccccc21. The molecule has 0 bridgehead atoms. The highest BCUT2D eigenvalue weighted by molar-refractivity contribution is 5.93. The average molecular weight is 412 g/mol. The van der Waals surface area contributed by atoms with E-state index in [1.807, 2.05) is 55.5 Å². The maximum Gasteiger partial charge on any atom is 0.228 e. The molecule has 1 N–H and O–H groups in total. The summed E-state index contributed by atoms with van der Waals surface area (Å²) in [6.45, 7) is 5.20. The molecule has 0 radical (unpaired) electrons. The molecule has 3 aromatic carbocycles. The molecule has 1 aromatic heterocycles. The lowest BCUT2D eigenvalue weighted by atomic mass is 10.0. The van der Waals surface area contributed by atoms with Crippen LogP contribution in [-0.2, 0) is 30.6 Å². The first kappa shape index (κ1) is 20.9. The van der Waals surface area contributed by atoms with Crippen molar-refractivity contribution in [2.45, 2.75) is 46.1 Å². The molecule has 0 saturated carbocycles. The number of fused-ring (bicyclic) bond motifs is 1. The zero-order valence-corrected chi connectivity index (χ0v) is 18.3. The third kappa shape index (κ3) is 4.85. The first-order valence-electron chi connectivity index (χ1n) is 11.0. The van der Waals surface area contributed by atoms with Crippen molar-refractivity contribution in [2.75, 3.05) is 5.32 Å². The van der Waals surface area contributed by atoms with Crippen LogP contribution in [0.1, 0.15) is 35.9 Å². The summed E-state index contributed by atoms with van der Waals surface area (Å²) in [7, 11) is 0. The maximum absolute atomic E-state index is 12.7. The number of aryl methyl sites for hydroxylation is 4. The molecule has 158 valence electrons. The van der Waals surface area contributed by atoms with Crippen molar-refractivity contribution in [2.24, 2.45) is 0 Å². The molecule has 0 atom stereocenters. The smallest absolute Gasteiger partial charge is 0.228 e. The van der Waals surface area contributed by atoms with E-state index in [1.54, 1.807) is 0 Å². The molecule has 0 fully saturated rings. The van der Waals surface area contributed by atoms with E-state index in [0.29, 0.717) is 6.42 Å². The van der Waals surface area contributed by atoms with E-state index in [4.69, 9.17) is 4.98 Å². The second kappa shape index (κ2) is 9.61. The van der Waals surface area contributed by atoms with Crippen LogP contribution in [-0.4, -0.2) is 15.5 Å². The maximum atomic E-state index is 12.7. The van der Waals surface area contributed by atoms with Crippen LogP contribution in [0.4, 0.5) is 5.69 Å². The number of nitrogens with zero attached hydrogens (tertiary/aromatic N) is 2. The molecule has 0 aliphatic heterocycles. The summed E-state index contributed by atoms with van der Waals surface area (Å²) in [5.74, 6) is 1.11. The lowest BCUT2D eigenvalue weighted by molar-refractivity contribution is -0.115. The zero-order chi connectivity index (χ0) is 21.6. The van der Waals surface area contributed by atoms with Gasteiger partial charge in [0, 0.05) is 18.7 Å². The normalized spacial score (nSPS) is 11.0. The number of imidazole rings is 1. The molecule has 0 aliphatic carbocycles. The van der Waals surface area contributed by atoms with Gasteiger partial charge in [0.1, 0.15) is 5.82 Å². The third-order valence-corrected chi connectivity index (χ3v) is 5.70. The van der Waals surface area contributed by atoms with Gasteiger partial charge >= 0.3 is 0 Å². The lowest BCUT2D eigenvalue weighted by Crippen LogP contribution is -2.16. The molecule has 0 saturated heterocycles. The molecule has 4 rings (SSSR count). The molecule has 0 spiro atoms. The molecule has 1 heterocycles. The van der Waals surface area contributed by atoms with E-state index in [-0.39, 0.29) is 5.91 Å². The second-order valence-corrected chi connectivity index (χ2v) is 7.98. The molecule has 0 unspecified atom stereocenters. The Morgan fingerprint density at radius 2 is 1.61 bits per heavy atom. The highest BCUT2D eigenvalue weighted by atomic mass is 16.1.